The smallest absolute Gasteiger partial charge is 0.306 e. The van der Waals surface area contributed by atoms with E-state index in [9.17, 15) is 24.6 Å². The summed E-state index contributed by atoms with van der Waals surface area (Å²) in [4.78, 5) is 34.8. The van der Waals surface area contributed by atoms with Crippen LogP contribution in [-0.2, 0) is 20.9 Å². The van der Waals surface area contributed by atoms with Crippen molar-refractivity contribution >= 4 is 17.8 Å². The molecule has 1 aromatic rings. The molecule has 27 heavy (non-hydrogen) atoms. The van der Waals surface area contributed by atoms with Crippen molar-refractivity contribution in [1.82, 2.24) is 10.6 Å². The summed E-state index contributed by atoms with van der Waals surface area (Å²) in [5.74, 6) is -2.66. The average molecular weight is 378 g/mol. The van der Waals surface area contributed by atoms with Gasteiger partial charge in [0.05, 0.1) is 5.92 Å². The highest BCUT2D eigenvalue weighted by Crippen LogP contribution is 2.28. The van der Waals surface area contributed by atoms with Gasteiger partial charge in [-0.2, -0.15) is 0 Å². The second kappa shape index (κ2) is 10.0. The van der Waals surface area contributed by atoms with E-state index in [4.69, 9.17) is 5.11 Å². The molecule has 0 aliphatic heterocycles. The van der Waals surface area contributed by atoms with Crippen LogP contribution in [0.5, 0.6) is 0 Å². The molecule has 1 fully saturated rings. The van der Waals surface area contributed by atoms with Crippen molar-refractivity contribution in [2.24, 2.45) is 11.8 Å². The van der Waals surface area contributed by atoms with Crippen molar-refractivity contribution in [2.45, 2.75) is 44.4 Å². The minimum atomic E-state index is -1.86. The molecule has 2 unspecified atom stereocenters. The Bertz CT molecular complexity index is 643. The molecule has 0 spiro atoms. The van der Waals surface area contributed by atoms with Crippen molar-refractivity contribution in [2.75, 3.05) is 6.54 Å². The molecular formula is C19H26N2O6. The zero-order valence-corrected chi connectivity index (χ0v) is 15.0. The predicted molar refractivity (Wildman–Crippen MR) is 96.4 cm³/mol. The summed E-state index contributed by atoms with van der Waals surface area (Å²) < 4.78 is 0. The number of carbonyl (C=O) groups is 3. The second-order valence-corrected chi connectivity index (χ2v) is 6.89. The number of hydrogen-bond acceptors (Lipinski definition) is 5. The van der Waals surface area contributed by atoms with E-state index in [1.807, 2.05) is 18.2 Å². The van der Waals surface area contributed by atoms with Crippen molar-refractivity contribution in [3.8, 4) is 0 Å². The van der Waals surface area contributed by atoms with Crippen LogP contribution in [0, 0.1) is 11.8 Å². The Morgan fingerprint density at radius 1 is 0.926 bits per heavy atom. The van der Waals surface area contributed by atoms with Gasteiger partial charge in [0.25, 0.3) is 11.8 Å². The highest BCUT2D eigenvalue weighted by molar-refractivity contribution is 5.90. The van der Waals surface area contributed by atoms with E-state index in [1.165, 1.54) is 0 Å². The normalized spacial score (nSPS) is 21.7. The van der Waals surface area contributed by atoms with E-state index in [0.29, 0.717) is 25.7 Å². The highest BCUT2D eigenvalue weighted by atomic mass is 16.4. The summed E-state index contributed by atoms with van der Waals surface area (Å²) in [5, 5.41) is 33.8. The van der Waals surface area contributed by atoms with Gasteiger partial charge in [0, 0.05) is 13.1 Å². The molecule has 2 amide bonds. The fourth-order valence-corrected chi connectivity index (χ4v) is 3.14. The summed E-state index contributed by atoms with van der Waals surface area (Å²) in [5.41, 5.74) is 0.828. The van der Waals surface area contributed by atoms with E-state index in [2.05, 4.69) is 10.6 Å². The molecule has 0 saturated heterocycles. The van der Waals surface area contributed by atoms with Gasteiger partial charge in [0.2, 0.25) is 0 Å². The molecule has 0 heterocycles. The third-order valence-electron chi connectivity index (χ3n) is 4.91. The minimum absolute atomic E-state index is 0.126. The number of aliphatic hydroxyl groups is 2. The van der Waals surface area contributed by atoms with Crippen LogP contribution < -0.4 is 10.6 Å². The molecular weight excluding hydrogens is 352 g/mol. The van der Waals surface area contributed by atoms with Gasteiger partial charge in [-0.25, -0.2) is 0 Å². The summed E-state index contributed by atoms with van der Waals surface area (Å²) in [6.45, 7) is 0.457. The lowest BCUT2D eigenvalue weighted by atomic mass is 9.82. The molecule has 2 atom stereocenters. The molecule has 148 valence electrons. The van der Waals surface area contributed by atoms with Crippen LogP contribution in [0.3, 0.4) is 0 Å². The number of aliphatic hydroxyl groups excluding tert-OH is 2. The Morgan fingerprint density at radius 2 is 1.48 bits per heavy atom. The van der Waals surface area contributed by atoms with Crippen LogP contribution in [-0.4, -0.2) is 51.9 Å². The van der Waals surface area contributed by atoms with Crippen LogP contribution in [0.1, 0.15) is 31.2 Å². The lowest BCUT2D eigenvalue weighted by Gasteiger charge is -2.26. The van der Waals surface area contributed by atoms with E-state index < -0.39 is 30.0 Å². The molecule has 0 aromatic heterocycles. The van der Waals surface area contributed by atoms with Gasteiger partial charge in [-0.05, 0) is 37.2 Å². The van der Waals surface area contributed by atoms with E-state index >= 15 is 0 Å². The number of nitrogens with one attached hydrogen (secondary N) is 2. The van der Waals surface area contributed by atoms with Crippen molar-refractivity contribution in [3.63, 3.8) is 0 Å². The Balaban J connectivity index is 1.72. The van der Waals surface area contributed by atoms with E-state index in [-0.39, 0.29) is 24.9 Å². The van der Waals surface area contributed by atoms with Gasteiger partial charge in [-0.3, -0.25) is 14.4 Å². The first-order valence-electron chi connectivity index (χ1n) is 9.06. The Labute approximate surface area is 157 Å². The van der Waals surface area contributed by atoms with Gasteiger partial charge in [0.15, 0.2) is 12.2 Å². The predicted octanol–water partition coefficient (Wildman–Crippen LogP) is 0.0318. The molecule has 2 rings (SSSR count). The summed E-state index contributed by atoms with van der Waals surface area (Å²) >= 11 is 0. The fourth-order valence-electron chi connectivity index (χ4n) is 3.14. The first-order chi connectivity index (χ1) is 12.9. The topological polar surface area (TPSA) is 136 Å². The zero-order valence-electron chi connectivity index (χ0n) is 15.0. The molecule has 0 bridgehead atoms. The lowest BCUT2D eigenvalue weighted by Crippen LogP contribution is -2.50. The summed E-state index contributed by atoms with van der Waals surface area (Å²) in [7, 11) is 0. The molecule has 1 aromatic carbocycles. The Hall–Kier alpha value is -2.45. The van der Waals surface area contributed by atoms with Crippen LogP contribution in [0.2, 0.25) is 0 Å². The summed E-state index contributed by atoms with van der Waals surface area (Å²) in [6.07, 6.45) is -1.26. The molecule has 1 aliphatic rings. The second-order valence-electron chi connectivity index (χ2n) is 6.89. The standard InChI is InChI=1S/C19H26N2O6/c22-15(17(24)20-10-12-4-2-1-3-5-12)16(23)18(25)21-11-13-6-8-14(9-7-13)19(26)27/h1-5,13-16,22-23H,6-11H2,(H,20,24)(H,21,25)(H,26,27). The van der Waals surface area contributed by atoms with Crippen molar-refractivity contribution in [1.29, 1.82) is 0 Å². The number of hydrogen-bond donors (Lipinski definition) is 5. The molecule has 1 saturated carbocycles. The molecule has 8 heteroatoms. The van der Waals surface area contributed by atoms with Gasteiger partial charge < -0.3 is 26.0 Å². The van der Waals surface area contributed by atoms with Gasteiger partial charge in [0.1, 0.15) is 0 Å². The van der Waals surface area contributed by atoms with Crippen LogP contribution >= 0.6 is 0 Å². The maximum Gasteiger partial charge on any atom is 0.306 e. The largest absolute Gasteiger partial charge is 0.481 e. The molecule has 0 radical (unpaired) electrons. The monoisotopic (exact) mass is 378 g/mol. The van der Waals surface area contributed by atoms with Crippen LogP contribution in [0.4, 0.5) is 0 Å². The van der Waals surface area contributed by atoms with Crippen LogP contribution in [0.15, 0.2) is 30.3 Å². The fraction of sp³-hybridized carbons (Fsp3) is 0.526. The van der Waals surface area contributed by atoms with Gasteiger partial charge in [-0.1, -0.05) is 30.3 Å². The van der Waals surface area contributed by atoms with E-state index in [1.54, 1.807) is 12.1 Å². The summed E-state index contributed by atoms with van der Waals surface area (Å²) in [6, 6.07) is 9.06. The molecule has 8 nitrogen and oxygen atoms in total. The van der Waals surface area contributed by atoms with Gasteiger partial charge >= 0.3 is 5.97 Å². The minimum Gasteiger partial charge on any atom is -0.481 e. The number of carboxylic acid groups (broad SMARTS) is 1. The Morgan fingerprint density at radius 3 is 2.04 bits per heavy atom. The number of carbonyl (C=O) groups excluding carboxylic acids is 2. The number of amides is 2. The van der Waals surface area contributed by atoms with Crippen molar-refractivity contribution < 1.29 is 29.7 Å². The number of aliphatic carboxylic acids is 1. The third kappa shape index (κ3) is 6.33. The van der Waals surface area contributed by atoms with Crippen LogP contribution in [0.25, 0.3) is 0 Å². The Kier molecular flexibility index (Phi) is 7.75. The highest BCUT2D eigenvalue weighted by Gasteiger charge is 2.31. The SMILES string of the molecule is O=C(O)C1CCC(CNC(=O)C(O)C(O)C(=O)NCc2ccccc2)CC1. The number of benzene rings is 1. The number of rotatable bonds is 8. The molecule has 1 aliphatic carbocycles. The maximum atomic E-state index is 12.0. The van der Waals surface area contributed by atoms with Gasteiger partial charge in [-0.15, -0.1) is 0 Å². The van der Waals surface area contributed by atoms with E-state index in [0.717, 1.165) is 5.56 Å². The van der Waals surface area contributed by atoms with Crippen molar-refractivity contribution in [3.05, 3.63) is 35.9 Å². The number of carboxylic acids is 1. The average Bonchev–Trinajstić information content (AvgIpc) is 2.70. The zero-order chi connectivity index (χ0) is 19.8. The first-order valence-corrected chi connectivity index (χ1v) is 9.06. The molecule has 5 N–H and O–H groups in total. The maximum absolute atomic E-state index is 12.0. The quantitative estimate of drug-likeness (QED) is 0.433. The third-order valence-corrected chi connectivity index (χ3v) is 4.91. The first kappa shape index (κ1) is 20.9. The lowest BCUT2D eigenvalue weighted by molar-refractivity contribution is -0.146.